The molecule has 0 aromatic carbocycles. The van der Waals surface area contributed by atoms with Crippen molar-refractivity contribution in [1.29, 1.82) is 0 Å². The van der Waals surface area contributed by atoms with Crippen molar-refractivity contribution < 1.29 is 9.90 Å². The average Bonchev–Trinajstić information content (AvgIpc) is 2.94. The van der Waals surface area contributed by atoms with E-state index in [0.29, 0.717) is 17.3 Å². The van der Waals surface area contributed by atoms with Gasteiger partial charge >= 0.3 is 0 Å². The molecular weight excluding hydrogens is 290 g/mol. The van der Waals surface area contributed by atoms with Gasteiger partial charge in [0, 0.05) is 26.6 Å². The van der Waals surface area contributed by atoms with Gasteiger partial charge in [-0.2, -0.15) is 5.10 Å². The van der Waals surface area contributed by atoms with Crippen LogP contribution >= 0.6 is 11.6 Å². The highest BCUT2D eigenvalue weighted by Gasteiger charge is 2.30. The minimum Gasteiger partial charge on any atom is -0.393 e. The van der Waals surface area contributed by atoms with Gasteiger partial charge in [0.2, 0.25) is 0 Å². The molecular formula is C15H24ClN3O2. The summed E-state index contributed by atoms with van der Waals surface area (Å²) in [5.41, 5.74) is 1.22. The van der Waals surface area contributed by atoms with Crippen molar-refractivity contribution in [3.8, 4) is 0 Å². The van der Waals surface area contributed by atoms with Crippen LogP contribution in [0.15, 0.2) is 0 Å². The second-order valence-corrected chi connectivity index (χ2v) is 6.63. The van der Waals surface area contributed by atoms with Crippen molar-refractivity contribution in [3.05, 3.63) is 16.4 Å². The van der Waals surface area contributed by atoms with Gasteiger partial charge in [0.05, 0.1) is 17.4 Å². The van der Waals surface area contributed by atoms with Crippen molar-refractivity contribution in [3.63, 3.8) is 0 Å². The Balaban J connectivity index is 2.19. The van der Waals surface area contributed by atoms with Crippen molar-refractivity contribution >= 4 is 17.5 Å². The molecule has 2 rings (SSSR count). The second-order valence-electron chi connectivity index (χ2n) is 6.27. The number of halogens is 1. The molecule has 1 aromatic rings. The Morgan fingerprint density at radius 1 is 1.52 bits per heavy atom. The van der Waals surface area contributed by atoms with Crippen LogP contribution in [0, 0.1) is 5.92 Å². The molecule has 0 spiro atoms. The molecule has 1 aliphatic carbocycles. The molecule has 2 atom stereocenters. The van der Waals surface area contributed by atoms with Gasteiger partial charge in [-0.25, -0.2) is 0 Å². The van der Waals surface area contributed by atoms with E-state index in [1.54, 1.807) is 23.7 Å². The summed E-state index contributed by atoms with van der Waals surface area (Å²) < 4.78 is 1.54. The molecule has 6 heteroatoms. The van der Waals surface area contributed by atoms with E-state index in [1.807, 2.05) is 13.8 Å². The van der Waals surface area contributed by atoms with Crippen molar-refractivity contribution in [2.45, 2.75) is 45.1 Å². The van der Waals surface area contributed by atoms with Crippen molar-refractivity contribution in [2.24, 2.45) is 13.0 Å². The highest BCUT2D eigenvalue weighted by Crippen LogP contribution is 2.29. The normalized spacial score (nSPS) is 22.0. The lowest BCUT2D eigenvalue weighted by atomic mass is 10.0. The van der Waals surface area contributed by atoms with Gasteiger partial charge in [-0.3, -0.25) is 9.48 Å². The summed E-state index contributed by atoms with van der Waals surface area (Å²) in [4.78, 5) is 14.4. The highest BCUT2D eigenvalue weighted by atomic mass is 35.5. The van der Waals surface area contributed by atoms with Crippen LogP contribution in [0.1, 0.15) is 55.1 Å². The Hall–Kier alpha value is -1.07. The van der Waals surface area contributed by atoms with Gasteiger partial charge in [-0.1, -0.05) is 31.9 Å². The number of carbonyl (C=O) groups excluding carboxylic acids is 1. The maximum Gasteiger partial charge on any atom is 0.258 e. The van der Waals surface area contributed by atoms with Crippen LogP contribution < -0.4 is 0 Å². The smallest absolute Gasteiger partial charge is 0.258 e. The third-order valence-electron chi connectivity index (χ3n) is 4.24. The molecule has 1 heterocycles. The first-order chi connectivity index (χ1) is 9.82. The van der Waals surface area contributed by atoms with Gasteiger partial charge < -0.3 is 10.0 Å². The van der Waals surface area contributed by atoms with Crippen molar-refractivity contribution in [2.75, 3.05) is 13.6 Å². The van der Waals surface area contributed by atoms with Crippen LogP contribution in [0.25, 0.3) is 0 Å². The lowest BCUT2D eigenvalue weighted by Gasteiger charge is -2.23. The monoisotopic (exact) mass is 313 g/mol. The fourth-order valence-electron chi connectivity index (χ4n) is 2.98. The number of hydrogen-bond acceptors (Lipinski definition) is 3. The van der Waals surface area contributed by atoms with Gasteiger partial charge in [0.1, 0.15) is 5.15 Å². The maximum atomic E-state index is 12.7. The minimum absolute atomic E-state index is 0.115. The van der Waals surface area contributed by atoms with E-state index in [2.05, 4.69) is 5.10 Å². The fraction of sp³-hybridized carbons (Fsp3) is 0.733. The Morgan fingerprint density at radius 2 is 2.19 bits per heavy atom. The van der Waals surface area contributed by atoms with Gasteiger partial charge in [0.15, 0.2) is 0 Å². The Bertz CT molecular complexity index is 527. The van der Waals surface area contributed by atoms with Gasteiger partial charge in [-0.15, -0.1) is 0 Å². The number of aliphatic hydroxyl groups excluding tert-OH is 1. The number of carbonyl (C=O) groups is 1. The number of aryl methyl sites for hydroxylation is 1. The van der Waals surface area contributed by atoms with E-state index < -0.39 is 0 Å². The fourth-order valence-corrected chi connectivity index (χ4v) is 3.20. The zero-order valence-electron chi connectivity index (χ0n) is 13.1. The van der Waals surface area contributed by atoms with E-state index in [9.17, 15) is 9.90 Å². The maximum absolute atomic E-state index is 12.7. The molecule has 1 aromatic heterocycles. The summed E-state index contributed by atoms with van der Waals surface area (Å²) >= 11 is 6.25. The lowest BCUT2D eigenvalue weighted by molar-refractivity contribution is 0.0692. The summed E-state index contributed by atoms with van der Waals surface area (Å²) in [7, 11) is 3.51. The number of aliphatic hydroxyl groups is 1. The standard InChI is InChI=1S/C15H24ClN3O2/c1-9(2)13-12(14(16)19(4)17-13)15(21)18(3)8-10-6-5-7-11(10)20/h9-11,20H,5-8H2,1-4H3. The van der Waals surface area contributed by atoms with E-state index in [0.717, 1.165) is 25.0 Å². The number of aromatic nitrogens is 2. The van der Waals surface area contributed by atoms with Crippen LogP contribution in [0.5, 0.6) is 0 Å². The SMILES string of the molecule is CC(C)c1nn(C)c(Cl)c1C(=O)N(C)CC1CCCC1O. The summed E-state index contributed by atoms with van der Waals surface area (Å²) in [6.45, 7) is 4.55. The van der Waals surface area contributed by atoms with Crippen LogP contribution in [0.3, 0.4) is 0 Å². The molecule has 1 fully saturated rings. The van der Waals surface area contributed by atoms with Gasteiger partial charge in [-0.05, 0) is 18.8 Å². The van der Waals surface area contributed by atoms with Crippen LogP contribution in [0.4, 0.5) is 0 Å². The zero-order chi connectivity index (χ0) is 15.7. The largest absolute Gasteiger partial charge is 0.393 e. The van der Waals surface area contributed by atoms with Crippen LogP contribution in [-0.2, 0) is 7.05 Å². The summed E-state index contributed by atoms with van der Waals surface area (Å²) in [5.74, 6) is 0.181. The molecule has 1 amide bonds. The second kappa shape index (κ2) is 6.36. The third-order valence-corrected chi connectivity index (χ3v) is 4.67. The first-order valence-corrected chi connectivity index (χ1v) is 7.86. The van der Waals surface area contributed by atoms with E-state index >= 15 is 0 Å². The highest BCUT2D eigenvalue weighted by molar-refractivity contribution is 6.33. The minimum atomic E-state index is -0.297. The number of rotatable bonds is 4. The number of amides is 1. The first kappa shape index (κ1) is 16.3. The molecule has 0 radical (unpaired) electrons. The molecule has 1 saturated carbocycles. The first-order valence-electron chi connectivity index (χ1n) is 7.48. The van der Waals surface area contributed by atoms with Crippen LogP contribution in [0.2, 0.25) is 5.15 Å². The predicted octanol–water partition coefficient (Wildman–Crippen LogP) is 2.43. The molecule has 118 valence electrons. The van der Waals surface area contributed by atoms with E-state index in [1.165, 1.54) is 0 Å². The zero-order valence-corrected chi connectivity index (χ0v) is 13.9. The molecule has 0 bridgehead atoms. The average molecular weight is 314 g/mol. The summed E-state index contributed by atoms with van der Waals surface area (Å²) in [5, 5.41) is 14.6. The third kappa shape index (κ3) is 3.24. The topological polar surface area (TPSA) is 58.4 Å². The quantitative estimate of drug-likeness (QED) is 0.928. The van der Waals surface area contributed by atoms with E-state index in [-0.39, 0.29) is 23.8 Å². The van der Waals surface area contributed by atoms with Crippen molar-refractivity contribution in [1.82, 2.24) is 14.7 Å². The molecule has 21 heavy (non-hydrogen) atoms. The Morgan fingerprint density at radius 3 is 2.71 bits per heavy atom. The van der Waals surface area contributed by atoms with E-state index in [4.69, 9.17) is 11.6 Å². The Labute approximate surface area is 130 Å². The van der Waals surface area contributed by atoms with Crippen LogP contribution in [-0.4, -0.2) is 45.4 Å². The predicted molar refractivity (Wildman–Crippen MR) is 82.6 cm³/mol. The summed E-state index contributed by atoms with van der Waals surface area (Å²) in [6.07, 6.45) is 2.53. The Kier molecular flexibility index (Phi) is 4.94. The molecule has 5 nitrogen and oxygen atoms in total. The number of hydrogen-bond donors (Lipinski definition) is 1. The molecule has 1 N–H and O–H groups in total. The molecule has 0 saturated heterocycles. The summed E-state index contributed by atoms with van der Waals surface area (Å²) in [6, 6.07) is 0. The lowest BCUT2D eigenvalue weighted by Crippen LogP contribution is -2.35. The molecule has 0 aliphatic heterocycles. The molecule has 1 aliphatic rings. The molecule has 2 unspecified atom stereocenters. The number of nitrogens with zero attached hydrogens (tertiary/aromatic N) is 3. The van der Waals surface area contributed by atoms with Gasteiger partial charge in [0.25, 0.3) is 5.91 Å².